The van der Waals surface area contributed by atoms with Gasteiger partial charge < -0.3 is 9.64 Å². The zero-order valence-electron chi connectivity index (χ0n) is 12.4. The van der Waals surface area contributed by atoms with Crippen molar-refractivity contribution in [2.24, 2.45) is 11.8 Å². The highest BCUT2D eigenvalue weighted by atomic mass is 35.5. The van der Waals surface area contributed by atoms with Gasteiger partial charge in [0, 0.05) is 18.1 Å². The van der Waals surface area contributed by atoms with E-state index < -0.39 is 6.10 Å². The van der Waals surface area contributed by atoms with E-state index in [2.05, 4.69) is 5.43 Å². The third-order valence-electron chi connectivity index (χ3n) is 3.72. The number of rotatable bonds is 4. The van der Waals surface area contributed by atoms with Crippen molar-refractivity contribution in [2.75, 3.05) is 13.1 Å². The second-order valence-electron chi connectivity index (χ2n) is 5.35. The van der Waals surface area contributed by atoms with E-state index in [0.29, 0.717) is 23.9 Å². The monoisotopic (exact) mass is 325 g/mol. The number of amides is 2. The summed E-state index contributed by atoms with van der Waals surface area (Å²) < 4.78 is 5.63. The number of hydrogen-bond donors (Lipinski definition) is 2. The van der Waals surface area contributed by atoms with Gasteiger partial charge in [0.2, 0.25) is 5.91 Å². The van der Waals surface area contributed by atoms with Gasteiger partial charge in [0.25, 0.3) is 5.91 Å². The number of hydrazine groups is 1. The maximum Gasteiger partial charge on any atom is 0.263 e. The van der Waals surface area contributed by atoms with Crippen molar-refractivity contribution in [1.29, 1.82) is 0 Å². The van der Waals surface area contributed by atoms with Crippen LogP contribution in [-0.4, -0.2) is 35.9 Å². The normalized spacial score (nSPS) is 19.4. The molecule has 22 heavy (non-hydrogen) atoms. The van der Waals surface area contributed by atoms with Gasteiger partial charge in [-0.3, -0.25) is 15.0 Å². The fraction of sp³-hybridized carbons (Fsp3) is 0.467. The Morgan fingerprint density at radius 3 is 2.73 bits per heavy atom. The van der Waals surface area contributed by atoms with Gasteiger partial charge in [0.1, 0.15) is 5.75 Å². The lowest BCUT2D eigenvalue weighted by Gasteiger charge is -2.33. The van der Waals surface area contributed by atoms with E-state index >= 15 is 0 Å². The van der Waals surface area contributed by atoms with Gasteiger partial charge >= 0.3 is 0 Å². The van der Waals surface area contributed by atoms with Crippen molar-refractivity contribution in [3.8, 4) is 5.75 Å². The van der Waals surface area contributed by atoms with Crippen LogP contribution in [0.1, 0.15) is 19.8 Å². The van der Waals surface area contributed by atoms with Gasteiger partial charge in [-0.05, 0) is 44.0 Å². The van der Waals surface area contributed by atoms with Crippen molar-refractivity contribution in [2.45, 2.75) is 25.9 Å². The van der Waals surface area contributed by atoms with Crippen LogP contribution >= 0.6 is 11.6 Å². The molecule has 1 aliphatic rings. The molecule has 2 unspecified atom stereocenters. The number of halogens is 1. The number of carbonyl (C=O) groups excluding carboxylic acids is 2. The van der Waals surface area contributed by atoms with Crippen LogP contribution in [0.4, 0.5) is 0 Å². The summed E-state index contributed by atoms with van der Waals surface area (Å²) >= 11 is 5.81. The number of piperidine rings is 1. The molecule has 0 bridgehead atoms. The summed E-state index contributed by atoms with van der Waals surface area (Å²) in [5, 5.41) is 0.609. The van der Waals surface area contributed by atoms with Crippen LogP contribution in [0.2, 0.25) is 5.02 Å². The molecule has 2 atom stereocenters. The minimum Gasteiger partial charge on any atom is -0.481 e. The smallest absolute Gasteiger partial charge is 0.263 e. The average Bonchev–Trinajstić information content (AvgIpc) is 2.55. The first-order chi connectivity index (χ1) is 10.5. The highest BCUT2D eigenvalue weighted by molar-refractivity contribution is 6.30. The lowest BCUT2D eigenvalue weighted by Crippen LogP contribution is -2.50. The average molecular weight is 326 g/mol. The number of likely N-dealkylation sites (tertiary alicyclic amines) is 1. The van der Waals surface area contributed by atoms with Crippen LogP contribution in [0.15, 0.2) is 24.3 Å². The van der Waals surface area contributed by atoms with E-state index in [1.54, 1.807) is 36.1 Å². The van der Waals surface area contributed by atoms with Gasteiger partial charge in [0.05, 0.1) is 5.92 Å². The van der Waals surface area contributed by atoms with Crippen LogP contribution in [-0.2, 0) is 9.59 Å². The Hall–Kier alpha value is -1.79. The first kappa shape index (κ1) is 16.6. The molecule has 2 amide bonds. The van der Waals surface area contributed by atoms with Crippen molar-refractivity contribution >= 4 is 23.4 Å². The Morgan fingerprint density at radius 2 is 2.09 bits per heavy atom. The molecular formula is C15H20ClN3O3. The minimum absolute atomic E-state index is 0.135. The Kier molecular flexibility index (Phi) is 5.63. The molecule has 0 saturated carbocycles. The van der Waals surface area contributed by atoms with E-state index in [1.165, 1.54) is 0 Å². The number of ether oxygens (including phenoxy) is 1. The number of benzene rings is 1. The van der Waals surface area contributed by atoms with Gasteiger partial charge in [-0.1, -0.05) is 11.6 Å². The molecular weight excluding hydrogens is 306 g/mol. The molecule has 6 nitrogen and oxygen atoms in total. The van der Waals surface area contributed by atoms with E-state index in [9.17, 15) is 9.59 Å². The third-order valence-corrected chi connectivity index (χ3v) is 3.97. The van der Waals surface area contributed by atoms with Crippen LogP contribution in [0.3, 0.4) is 0 Å². The Bertz CT molecular complexity index is 535. The molecule has 0 spiro atoms. The number of nitrogens with two attached hydrogens (primary N) is 1. The van der Waals surface area contributed by atoms with E-state index in [4.69, 9.17) is 22.2 Å². The van der Waals surface area contributed by atoms with Gasteiger partial charge in [-0.25, -0.2) is 5.84 Å². The molecule has 1 heterocycles. The number of nitrogens with one attached hydrogen (secondary N) is 1. The summed E-state index contributed by atoms with van der Waals surface area (Å²) in [4.78, 5) is 25.7. The zero-order chi connectivity index (χ0) is 16.1. The maximum absolute atomic E-state index is 12.4. The van der Waals surface area contributed by atoms with E-state index in [1.807, 2.05) is 0 Å². The molecule has 1 aliphatic heterocycles. The first-order valence-electron chi connectivity index (χ1n) is 7.22. The summed E-state index contributed by atoms with van der Waals surface area (Å²) in [6.45, 7) is 2.70. The van der Waals surface area contributed by atoms with E-state index in [-0.39, 0.29) is 17.7 Å². The number of nitrogens with zero attached hydrogens (tertiary/aromatic N) is 1. The second-order valence-corrected chi connectivity index (χ2v) is 5.78. The van der Waals surface area contributed by atoms with Gasteiger partial charge in [-0.15, -0.1) is 0 Å². The predicted octanol–water partition coefficient (Wildman–Crippen LogP) is 1.34. The van der Waals surface area contributed by atoms with Gasteiger partial charge in [-0.2, -0.15) is 0 Å². The molecule has 1 aromatic carbocycles. The first-order valence-corrected chi connectivity index (χ1v) is 7.60. The van der Waals surface area contributed by atoms with Crippen molar-refractivity contribution in [1.82, 2.24) is 10.3 Å². The molecule has 0 aliphatic carbocycles. The molecule has 120 valence electrons. The van der Waals surface area contributed by atoms with Crippen LogP contribution in [0.5, 0.6) is 5.75 Å². The van der Waals surface area contributed by atoms with Crippen molar-refractivity contribution < 1.29 is 14.3 Å². The lowest BCUT2D eigenvalue weighted by molar-refractivity contribution is -0.141. The van der Waals surface area contributed by atoms with Crippen LogP contribution in [0, 0.1) is 5.92 Å². The molecule has 0 aromatic heterocycles. The fourth-order valence-electron chi connectivity index (χ4n) is 2.53. The molecule has 7 heteroatoms. The number of hydrogen-bond acceptors (Lipinski definition) is 4. The highest BCUT2D eigenvalue weighted by Crippen LogP contribution is 2.20. The number of carbonyl (C=O) groups is 2. The Morgan fingerprint density at radius 1 is 1.41 bits per heavy atom. The standard InChI is InChI=1S/C15H20ClN3O3/c1-10(22-13-6-4-12(16)5-7-13)15(21)19-8-2-3-11(9-19)14(20)18-17/h4-7,10-11H,2-3,8-9,17H2,1H3,(H,18,20). The van der Waals surface area contributed by atoms with E-state index in [0.717, 1.165) is 12.8 Å². The van der Waals surface area contributed by atoms with Crippen molar-refractivity contribution in [3.05, 3.63) is 29.3 Å². The zero-order valence-corrected chi connectivity index (χ0v) is 13.2. The predicted molar refractivity (Wildman–Crippen MR) is 83.2 cm³/mol. The third kappa shape index (κ3) is 4.11. The minimum atomic E-state index is -0.624. The Labute approximate surface area is 134 Å². The molecule has 2 rings (SSSR count). The summed E-state index contributed by atoms with van der Waals surface area (Å²) in [5.41, 5.74) is 2.15. The largest absolute Gasteiger partial charge is 0.481 e. The van der Waals surface area contributed by atoms with Crippen molar-refractivity contribution in [3.63, 3.8) is 0 Å². The quantitative estimate of drug-likeness (QED) is 0.497. The summed E-state index contributed by atoms with van der Waals surface area (Å²) in [5.74, 6) is 5.12. The molecule has 3 N–H and O–H groups in total. The SMILES string of the molecule is CC(Oc1ccc(Cl)cc1)C(=O)N1CCCC(C(=O)NN)C1. The lowest BCUT2D eigenvalue weighted by atomic mass is 9.97. The molecule has 1 aromatic rings. The summed E-state index contributed by atoms with van der Waals surface area (Å²) in [6.07, 6.45) is 0.886. The maximum atomic E-state index is 12.4. The molecule has 0 radical (unpaired) electrons. The molecule has 1 fully saturated rings. The van der Waals surface area contributed by atoms with Crippen LogP contribution in [0.25, 0.3) is 0 Å². The second kappa shape index (κ2) is 7.47. The highest BCUT2D eigenvalue weighted by Gasteiger charge is 2.30. The van der Waals surface area contributed by atoms with Gasteiger partial charge in [0.15, 0.2) is 6.10 Å². The van der Waals surface area contributed by atoms with Crippen LogP contribution < -0.4 is 16.0 Å². The molecule has 1 saturated heterocycles. The fourth-order valence-corrected chi connectivity index (χ4v) is 2.66. The summed E-state index contributed by atoms with van der Waals surface area (Å²) in [6, 6.07) is 6.84. The Balaban J connectivity index is 1.94. The topological polar surface area (TPSA) is 84.7 Å². The summed E-state index contributed by atoms with van der Waals surface area (Å²) in [7, 11) is 0.